The van der Waals surface area contributed by atoms with Crippen LogP contribution in [0.25, 0.3) is 0 Å². The van der Waals surface area contributed by atoms with Gasteiger partial charge >= 0.3 is 0 Å². The second-order valence-electron chi connectivity index (χ2n) is 6.19. The number of hydrogen-bond donors (Lipinski definition) is 1. The Balaban J connectivity index is 1.45. The number of carbonyl (C=O) groups is 1. The molecule has 1 fully saturated rings. The third kappa shape index (κ3) is 4.28. The Morgan fingerprint density at radius 3 is 2.76 bits per heavy atom. The molecule has 3 heterocycles. The fourth-order valence-corrected chi connectivity index (χ4v) is 5.55. The molecule has 1 N–H and O–H groups in total. The SMILES string of the molecule is Cc1nccn1CC(=O)NCC1CCN(S(=O)(=O)c2cccs2)CC1. The molecule has 3 rings (SSSR count). The van der Waals surface area contributed by atoms with Crippen molar-refractivity contribution in [1.82, 2.24) is 19.2 Å². The summed E-state index contributed by atoms with van der Waals surface area (Å²) in [6.45, 7) is 3.71. The van der Waals surface area contributed by atoms with E-state index in [1.165, 1.54) is 11.3 Å². The minimum atomic E-state index is -3.36. The van der Waals surface area contributed by atoms with Crippen LogP contribution in [-0.2, 0) is 21.4 Å². The van der Waals surface area contributed by atoms with Gasteiger partial charge in [-0.3, -0.25) is 4.79 Å². The third-order valence-corrected chi connectivity index (χ3v) is 7.76. The molecule has 0 bridgehead atoms. The van der Waals surface area contributed by atoms with Crippen molar-refractivity contribution in [3.63, 3.8) is 0 Å². The summed E-state index contributed by atoms with van der Waals surface area (Å²) in [4.78, 5) is 16.1. The average molecular weight is 383 g/mol. The van der Waals surface area contributed by atoms with E-state index in [1.54, 1.807) is 38.8 Å². The molecule has 0 saturated carbocycles. The van der Waals surface area contributed by atoms with Crippen LogP contribution in [0.2, 0.25) is 0 Å². The lowest BCUT2D eigenvalue weighted by Gasteiger charge is -2.30. The van der Waals surface area contributed by atoms with E-state index in [2.05, 4.69) is 10.3 Å². The molecule has 1 saturated heterocycles. The van der Waals surface area contributed by atoms with Crippen molar-refractivity contribution < 1.29 is 13.2 Å². The lowest BCUT2D eigenvalue weighted by atomic mass is 9.98. The van der Waals surface area contributed by atoms with Crippen LogP contribution in [-0.4, -0.2) is 47.8 Å². The van der Waals surface area contributed by atoms with Crippen LogP contribution in [0.15, 0.2) is 34.1 Å². The van der Waals surface area contributed by atoms with Gasteiger partial charge in [-0.05, 0) is 37.1 Å². The Hall–Kier alpha value is -1.71. The lowest BCUT2D eigenvalue weighted by Crippen LogP contribution is -2.41. The number of nitrogens with one attached hydrogen (secondary N) is 1. The Bertz CT molecular complexity index is 806. The van der Waals surface area contributed by atoms with Crippen LogP contribution >= 0.6 is 11.3 Å². The summed E-state index contributed by atoms with van der Waals surface area (Å²) in [7, 11) is -3.36. The van der Waals surface area contributed by atoms with Gasteiger partial charge in [0.05, 0.1) is 0 Å². The van der Waals surface area contributed by atoms with E-state index < -0.39 is 10.0 Å². The number of carbonyl (C=O) groups excluding carboxylic acids is 1. The van der Waals surface area contributed by atoms with Gasteiger partial charge in [0.2, 0.25) is 5.91 Å². The first-order chi connectivity index (χ1) is 12.0. The van der Waals surface area contributed by atoms with Crippen molar-refractivity contribution in [3.8, 4) is 0 Å². The van der Waals surface area contributed by atoms with Gasteiger partial charge in [0, 0.05) is 32.0 Å². The summed E-state index contributed by atoms with van der Waals surface area (Å²) in [6, 6.07) is 3.40. The molecule has 7 nitrogen and oxygen atoms in total. The van der Waals surface area contributed by atoms with Gasteiger partial charge in [0.25, 0.3) is 10.0 Å². The molecular weight excluding hydrogens is 360 g/mol. The van der Waals surface area contributed by atoms with Crippen LogP contribution in [0.1, 0.15) is 18.7 Å². The standard InChI is InChI=1S/C16H22N4O3S2/c1-13-17-6-9-19(13)12-15(21)18-11-14-4-7-20(8-5-14)25(22,23)16-3-2-10-24-16/h2-3,6,9-10,14H,4-5,7-8,11-12H2,1H3,(H,18,21). The zero-order valence-corrected chi connectivity index (χ0v) is 15.7. The van der Waals surface area contributed by atoms with Crippen molar-refractivity contribution in [2.45, 2.75) is 30.5 Å². The summed E-state index contributed by atoms with van der Waals surface area (Å²) < 4.78 is 28.7. The summed E-state index contributed by atoms with van der Waals surface area (Å²) in [5.41, 5.74) is 0. The molecule has 2 aromatic rings. The van der Waals surface area contributed by atoms with E-state index >= 15 is 0 Å². The van der Waals surface area contributed by atoms with Crippen LogP contribution in [0, 0.1) is 12.8 Å². The highest BCUT2D eigenvalue weighted by Crippen LogP contribution is 2.25. The van der Waals surface area contributed by atoms with Gasteiger partial charge < -0.3 is 9.88 Å². The zero-order chi connectivity index (χ0) is 17.9. The number of amides is 1. The second-order valence-corrected chi connectivity index (χ2v) is 9.30. The smallest absolute Gasteiger partial charge is 0.252 e. The van der Waals surface area contributed by atoms with Gasteiger partial charge in [0.1, 0.15) is 16.6 Å². The number of hydrogen-bond acceptors (Lipinski definition) is 5. The summed E-state index contributed by atoms with van der Waals surface area (Å²) >= 11 is 1.25. The number of rotatable bonds is 6. The fourth-order valence-electron chi connectivity index (χ4n) is 2.93. The molecule has 1 aliphatic rings. The summed E-state index contributed by atoms with van der Waals surface area (Å²) in [5, 5.41) is 4.72. The third-order valence-electron chi connectivity index (χ3n) is 4.49. The van der Waals surface area contributed by atoms with E-state index in [0.717, 1.165) is 18.7 Å². The number of aryl methyl sites for hydroxylation is 1. The topological polar surface area (TPSA) is 84.3 Å². The molecule has 0 radical (unpaired) electrons. The molecule has 9 heteroatoms. The number of piperidine rings is 1. The maximum atomic E-state index is 12.5. The highest BCUT2D eigenvalue weighted by molar-refractivity contribution is 7.91. The predicted octanol–water partition coefficient (Wildman–Crippen LogP) is 1.47. The monoisotopic (exact) mass is 382 g/mol. The maximum Gasteiger partial charge on any atom is 0.252 e. The molecule has 0 atom stereocenters. The molecule has 136 valence electrons. The van der Waals surface area contributed by atoms with Crippen molar-refractivity contribution in [3.05, 3.63) is 35.7 Å². The number of aromatic nitrogens is 2. The fraction of sp³-hybridized carbons (Fsp3) is 0.500. The van der Waals surface area contributed by atoms with Gasteiger partial charge in [-0.15, -0.1) is 11.3 Å². The second kappa shape index (κ2) is 7.67. The highest BCUT2D eigenvalue weighted by Gasteiger charge is 2.30. The Labute approximate surface area is 151 Å². The molecule has 1 aliphatic heterocycles. The van der Waals surface area contributed by atoms with E-state index in [1.807, 2.05) is 6.92 Å². The molecule has 25 heavy (non-hydrogen) atoms. The average Bonchev–Trinajstić information content (AvgIpc) is 3.26. The first-order valence-corrected chi connectivity index (χ1v) is 10.6. The van der Waals surface area contributed by atoms with Gasteiger partial charge in [-0.2, -0.15) is 4.31 Å². The summed E-state index contributed by atoms with van der Waals surface area (Å²) in [6.07, 6.45) is 4.97. The Morgan fingerprint density at radius 1 is 1.40 bits per heavy atom. The molecule has 0 unspecified atom stereocenters. The summed E-state index contributed by atoms with van der Waals surface area (Å²) in [5.74, 6) is 1.07. The van der Waals surface area contributed by atoms with Gasteiger partial charge in [-0.25, -0.2) is 13.4 Å². The maximum absolute atomic E-state index is 12.5. The Morgan fingerprint density at radius 2 is 2.16 bits per heavy atom. The Kier molecular flexibility index (Phi) is 5.55. The van der Waals surface area contributed by atoms with Crippen LogP contribution in [0.5, 0.6) is 0 Å². The van der Waals surface area contributed by atoms with E-state index in [9.17, 15) is 13.2 Å². The van der Waals surface area contributed by atoms with Crippen molar-refractivity contribution in [2.24, 2.45) is 5.92 Å². The van der Waals surface area contributed by atoms with E-state index in [0.29, 0.717) is 29.8 Å². The molecule has 0 aliphatic carbocycles. The quantitative estimate of drug-likeness (QED) is 0.820. The van der Waals surface area contributed by atoms with Gasteiger partial charge in [-0.1, -0.05) is 6.07 Å². The molecule has 0 aromatic carbocycles. The van der Waals surface area contributed by atoms with Crippen molar-refractivity contribution >= 4 is 27.3 Å². The largest absolute Gasteiger partial charge is 0.354 e. The lowest BCUT2D eigenvalue weighted by molar-refractivity contribution is -0.121. The highest BCUT2D eigenvalue weighted by atomic mass is 32.2. The van der Waals surface area contributed by atoms with E-state index in [4.69, 9.17) is 0 Å². The number of imidazole rings is 1. The van der Waals surface area contributed by atoms with Crippen LogP contribution < -0.4 is 5.32 Å². The molecular formula is C16H22N4O3S2. The van der Waals surface area contributed by atoms with Crippen LogP contribution in [0.3, 0.4) is 0 Å². The van der Waals surface area contributed by atoms with Crippen LogP contribution in [0.4, 0.5) is 0 Å². The van der Waals surface area contributed by atoms with E-state index in [-0.39, 0.29) is 12.5 Å². The van der Waals surface area contributed by atoms with Crippen molar-refractivity contribution in [2.75, 3.05) is 19.6 Å². The van der Waals surface area contributed by atoms with Gasteiger partial charge in [0.15, 0.2) is 0 Å². The number of thiophene rings is 1. The first-order valence-electron chi connectivity index (χ1n) is 8.25. The first kappa shape index (κ1) is 18.1. The minimum absolute atomic E-state index is 0.0465. The predicted molar refractivity (Wildman–Crippen MR) is 95.8 cm³/mol. The number of sulfonamides is 1. The minimum Gasteiger partial charge on any atom is -0.354 e. The molecule has 1 amide bonds. The normalized spacial score (nSPS) is 16.8. The van der Waals surface area contributed by atoms with Crippen molar-refractivity contribution in [1.29, 1.82) is 0 Å². The molecule has 0 spiro atoms. The number of nitrogens with zero attached hydrogens (tertiary/aromatic N) is 3. The molecule has 2 aromatic heterocycles. The zero-order valence-electron chi connectivity index (χ0n) is 14.1.